The number of nitrogens with zero attached hydrogens (tertiary/aromatic N) is 2. The number of para-hydroxylation sites is 1. The van der Waals surface area contributed by atoms with Gasteiger partial charge in [-0.2, -0.15) is 5.26 Å². The van der Waals surface area contributed by atoms with Gasteiger partial charge in [-0.1, -0.05) is 24.3 Å². The number of ether oxygens (including phenoxy) is 1. The number of rotatable bonds is 7. The fraction of sp³-hybridized carbons (Fsp3) is 0.136. The van der Waals surface area contributed by atoms with E-state index in [-0.39, 0.29) is 5.91 Å². The molecule has 1 amide bonds. The zero-order valence-electron chi connectivity index (χ0n) is 15.5. The van der Waals surface area contributed by atoms with E-state index in [4.69, 9.17) is 10.00 Å². The van der Waals surface area contributed by atoms with Gasteiger partial charge in [0.2, 0.25) is 0 Å². The summed E-state index contributed by atoms with van der Waals surface area (Å²) in [5, 5.41) is 15.2. The second-order valence-electron chi connectivity index (χ2n) is 6.10. The fourth-order valence-electron chi connectivity index (χ4n) is 2.69. The Morgan fingerprint density at radius 2 is 1.93 bits per heavy atom. The van der Waals surface area contributed by atoms with Crippen LogP contribution >= 0.6 is 0 Å². The highest BCUT2D eigenvalue weighted by Crippen LogP contribution is 2.16. The predicted molar refractivity (Wildman–Crippen MR) is 109 cm³/mol. The van der Waals surface area contributed by atoms with Crippen LogP contribution in [0, 0.1) is 11.3 Å². The van der Waals surface area contributed by atoms with Gasteiger partial charge in [0.1, 0.15) is 11.8 Å². The Kier molecular flexibility index (Phi) is 6.21. The number of anilines is 2. The maximum absolute atomic E-state index is 12.5. The third-order valence-corrected chi connectivity index (χ3v) is 4.20. The summed E-state index contributed by atoms with van der Waals surface area (Å²) in [4.78, 5) is 16.6. The van der Waals surface area contributed by atoms with Crippen LogP contribution in [-0.4, -0.2) is 24.5 Å². The van der Waals surface area contributed by atoms with Gasteiger partial charge < -0.3 is 15.4 Å². The van der Waals surface area contributed by atoms with Crippen LogP contribution in [0.25, 0.3) is 0 Å². The van der Waals surface area contributed by atoms with E-state index in [0.717, 1.165) is 17.9 Å². The minimum absolute atomic E-state index is 0.311. The number of aromatic nitrogens is 1. The van der Waals surface area contributed by atoms with Crippen molar-refractivity contribution in [1.82, 2.24) is 4.98 Å². The lowest BCUT2D eigenvalue weighted by atomic mass is 10.1. The van der Waals surface area contributed by atoms with Crippen LogP contribution in [-0.2, 0) is 6.42 Å². The molecule has 0 unspecified atom stereocenters. The molecular weight excluding hydrogens is 352 g/mol. The van der Waals surface area contributed by atoms with Crippen molar-refractivity contribution in [2.24, 2.45) is 0 Å². The SMILES string of the molecule is COc1ccc(CCNc2cncc(C(=O)Nc3ccccc3C#N)c2)cc1. The lowest BCUT2D eigenvalue weighted by molar-refractivity contribution is 0.102. The minimum atomic E-state index is -0.311. The number of pyridine rings is 1. The summed E-state index contributed by atoms with van der Waals surface area (Å²) in [6.07, 6.45) is 4.00. The average Bonchev–Trinajstić information content (AvgIpc) is 2.75. The van der Waals surface area contributed by atoms with E-state index in [1.165, 1.54) is 11.8 Å². The van der Waals surface area contributed by atoms with Crippen molar-refractivity contribution < 1.29 is 9.53 Å². The van der Waals surface area contributed by atoms with Crippen LogP contribution < -0.4 is 15.4 Å². The molecule has 2 N–H and O–H groups in total. The third kappa shape index (κ3) is 4.86. The highest BCUT2D eigenvalue weighted by Gasteiger charge is 2.10. The molecule has 0 aliphatic rings. The molecule has 0 radical (unpaired) electrons. The lowest BCUT2D eigenvalue weighted by Gasteiger charge is -2.10. The Bertz CT molecular complexity index is 994. The minimum Gasteiger partial charge on any atom is -0.497 e. The summed E-state index contributed by atoms with van der Waals surface area (Å²) < 4.78 is 5.16. The quantitative estimate of drug-likeness (QED) is 0.657. The molecule has 3 aromatic rings. The van der Waals surface area contributed by atoms with Crippen molar-refractivity contribution in [1.29, 1.82) is 5.26 Å². The van der Waals surface area contributed by atoms with E-state index < -0.39 is 0 Å². The summed E-state index contributed by atoms with van der Waals surface area (Å²) in [6, 6.07) is 18.6. The summed E-state index contributed by atoms with van der Waals surface area (Å²) in [7, 11) is 1.64. The summed E-state index contributed by atoms with van der Waals surface area (Å²) >= 11 is 0. The van der Waals surface area contributed by atoms with Gasteiger partial charge >= 0.3 is 0 Å². The number of nitriles is 1. The summed E-state index contributed by atoms with van der Waals surface area (Å²) in [6.45, 7) is 0.705. The maximum Gasteiger partial charge on any atom is 0.257 e. The molecule has 1 aromatic heterocycles. The Balaban J connectivity index is 1.60. The molecule has 28 heavy (non-hydrogen) atoms. The van der Waals surface area contributed by atoms with Gasteiger partial charge in [0, 0.05) is 18.9 Å². The van der Waals surface area contributed by atoms with Crippen LogP contribution in [0.2, 0.25) is 0 Å². The number of benzene rings is 2. The Morgan fingerprint density at radius 1 is 1.14 bits per heavy atom. The van der Waals surface area contributed by atoms with E-state index in [1.54, 1.807) is 43.6 Å². The molecule has 6 heteroatoms. The summed E-state index contributed by atoms with van der Waals surface area (Å²) in [5.74, 6) is 0.520. The molecule has 1 heterocycles. The van der Waals surface area contributed by atoms with E-state index in [9.17, 15) is 4.79 Å². The first-order chi connectivity index (χ1) is 13.7. The van der Waals surface area contributed by atoms with Gasteiger partial charge in [-0.3, -0.25) is 9.78 Å². The largest absolute Gasteiger partial charge is 0.497 e. The highest BCUT2D eigenvalue weighted by atomic mass is 16.5. The zero-order valence-corrected chi connectivity index (χ0v) is 15.5. The Hall–Kier alpha value is -3.85. The molecule has 140 valence electrons. The number of carbonyl (C=O) groups excluding carboxylic acids is 1. The molecule has 3 rings (SSSR count). The normalized spacial score (nSPS) is 10.0. The molecule has 6 nitrogen and oxygen atoms in total. The number of methoxy groups -OCH3 is 1. The van der Waals surface area contributed by atoms with Crippen molar-refractivity contribution in [3.05, 3.63) is 83.7 Å². The molecule has 0 saturated heterocycles. The van der Waals surface area contributed by atoms with E-state index in [0.29, 0.717) is 23.4 Å². The number of nitrogens with one attached hydrogen (secondary N) is 2. The van der Waals surface area contributed by atoms with Crippen LogP contribution in [0.15, 0.2) is 67.0 Å². The van der Waals surface area contributed by atoms with Gasteiger partial charge in [-0.05, 0) is 42.3 Å². The average molecular weight is 372 g/mol. The fourth-order valence-corrected chi connectivity index (χ4v) is 2.69. The second kappa shape index (κ2) is 9.19. The van der Waals surface area contributed by atoms with Crippen LogP contribution in [0.1, 0.15) is 21.5 Å². The van der Waals surface area contributed by atoms with E-state index >= 15 is 0 Å². The van der Waals surface area contributed by atoms with Gasteiger partial charge in [0.15, 0.2) is 0 Å². The first-order valence-corrected chi connectivity index (χ1v) is 8.82. The predicted octanol–water partition coefficient (Wildman–Crippen LogP) is 3.87. The van der Waals surface area contributed by atoms with Gasteiger partial charge in [-0.25, -0.2) is 0 Å². The standard InChI is InChI=1S/C22H20N4O2/c1-28-20-8-6-16(7-9-20)10-11-25-19-12-18(14-24-15-19)22(27)26-21-5-3-2-4-17(21)13-23/h2-9,12,14-15,25H,10-11H2,1H3,(H,26,27). The molecule has 0 saturated carbocycles. The first kappa shape index (κ1) is 18.9. The van der Waals surface area contributed by atoms with Crippen molar-refractivity contribution >= 4 is 17.3 Å². The number of hydrogen-bond acceptors (Lipinski definition) is 5. The molecule has 2 aromatic carbocycles. The third-order valence-electron chi connectivity index (χ3n) is 4.20. The molecule has 0 aliphatic carbocycles. The Labute approximate surface area is 163 Å². The number of carbonyl (C=O) groups is 1. The summed E-state index contributed by atoms with van der Waals surface area (Å²) in [5.41, 5.74) is 3.26. The molecule has 0 spiro atoms. The van der Waals surface area contributed by atoms with Gasteiger partial charge in [-0.15, -0.1) is 0 Å². The van der Waals surface area contributed by atoms with E-state index in [2.05, 4.69) is 21.7 Å². The molecule has 0 fully saturated rings. The van der Waals surface area contributed by atoms with Crippen molar-refractivity contribution in [2.45, 2.75) is 6.42 Å². The second-order valence-corrected chi connectivity index (χ2v) is 6.10. The van der Waals surface area contributed by atoms with Crippen LogP contribution in [0.4, 0.5) is 11.4 Å². The topological polar surface area (TPSA) is 87.0 Å². The first-order valence-electron chi connectivity index (χ1n) is 8.82. The van der Waals surface area contributed by atoms with Crippen molar-refractivity contribution in [3.8, 4) is 11.8 Å². The number of hydrogen-bond donors (Lipinski definition) is 2. The zero-order chi connectivity index (χ0) is 19.8. The number of amides is 1. The molecule has 0 bridgehead atoms. The van der Waals surface area contributed by atoms with Crippen LogP contribution in [0.3, 0.4) is 0 Å². The van der Waals surface area contributed by atoms with Crippen LogP contribution in [0.5, 0.6) is 5.75 Å². The van der Waals surface area contributed by atoms with Gasteiger partial charge in [0.05, 0.1) is 29.6 Å². The maximum atomic E-state index is 12.5. The monoisotopic (exact) mass is 372 g/mol. The molecule has 0 aliphatic heterocycles. The van der Waals surface area contributed by atoms with Crippen molar-refractivity contribution in [2.75, 3.05) is 24.3 Å². The van der Waals surface area contributed by atoms with Gasteiger partial charge in [0.25, 0.3) is 5.91 Å². The molecular formula is C22H20N4O2. The lowest BCUT2D eigenvalue weighted by Crippen LogP contribution is -2.14. The highest BCUT2D eigenvalue weighted by molar-refractivity contribution is 6.05. The van der Waals surface area contributed by atoms with Crippen molar-refractivity contribution in [3.63, 3.8) is 0 Å². The molecule has 0 atom stereocenters. The van der Waals surface area contributed by atoms with E-state index in [1.807, 2.05) is 24.3 Å². The smallest absolute Gasteiger partial charge is 0.257 e. The Morgan fingerprint density at radius 3 is 2.68 bits per heavy atom.